The summed E-state index contributed by atoms with van der Waals surface area (Å²) in [7, 11) is 0. The van der Waals surface area contributed by atoms with Crippen molar-refractivity contribution in [1.29, 1.82) is 0 Å². The molecular weight excluding hydrogens is 236 g/mol. The van der Waals surface area contributed by atoms with Crippen LogP contribution in [0.4, 0.5) is 4.79 Å². The van der Waals surface area contributed by atoms with Crippen LogP contribution in [0.15, 0.2) is 37.2 Å². The van der Waals surface area contributed by atoms with Gasteiger partial charge in [0, 0.05) is 18.8 Å². The van der Waals surface area contributed by atoms with Crippen molar-refractivity contribution in [2.75, 3.05) is 6.61 Å². The van der Waals surface area contributed by atoms with Crippen molar-refractivity contribution < 1.29 is 19.4 Å². The molecule has 0 radical (unpaired) electrons. The van der Waals surface area contributed by atoms with Gasteiger partial charge in [0.05, 0.1) is 0 Å². The zero-order valence-corrected chi connectivity index (χ0v) is 9.70. The normalized spacial score (nSPS) is 11.3. The second-order valence-corrected chi connectivity index (χ2v) is 3.49. The largest absolute Gasteiger partial charge is 0.480 e. The van der Waals surface area contributed by atoms with Crippen molar-refractivity contribution >= 4 is 12.1 Å². The molecule has 0 bridgehead atoms. The van der Waals surface area contributed by atoms with Crippen LogP contribution in [0.3, 0.4) is 0 Å². The topological polar surface area (TPSA) is 88.5 Å². The smallest absolute Gasteiger partial charge is 0.408 e. The molecule has 1 aromatic heterocycles. The molecule has 1 amide bonds. The second-order valence-electron chi connectivity index (χ2n) is 3.49. The molecule has 2 N–H and O–H groups in total. The van der Waals surface area contributed by atoms with Crippen LogP contribution < -0.4 is 5.32 Å². The Balaban J connectivity index is 2.58. The van der Waals surface area contributed by atoms with E-state index in [4.69, 9.17) is 5.11 Å². The first-order valence-corrected chi connectivity index (χ1v) is 5.29. The molecule has 1 heterocycles. The van der Waals surface area contributed by atoms with Gasteiger partial charge in [-0.25, -0.2) is 9.59 Å². The molecule has 0 aliphatic heterocycles. The summed E-state index contributed by atoms with van der Waals surface area (Å²) in [5.41, 5.74) is 0.717. The third kappa shape index (κ3) is 4.65. The van der Waals surface area contributed by atoms with Gasteiger partial charge in [0.2, 0.25) is 0 Å². The van der Waals surface area contributed by atoms with E-state index in [1.165, 1.54) is 6.08 Å². The number of hydrogen-bond donors (Lipinski definition) is 2. The number of hydrogen-bond acceptors (Lipinski definition) is 4. The van der Waals surface area contributed by atoms with Crippen LogP contribution in [0.5, 0.6) is 0 Å². The van der Waals surface area contributed by atoms with Crippen LogP contribution in [0.2, 0.25) is 0 Å². The molecule has 0 aromatic carbocycles. The van der Waals surface area contributed by atoms with Gasteiger partial charge in [-0.1, -0.05) is 18.7 Å². The summed E-state index contributed by atoms with van der Waals surface area (Å²) >= 11 is 0. The van der Waals surface area contributed by atoms with E-state index in [9.17, 15) is 9.59 Å². The van der Waals surface area contributed by atoms with Crippen molar-refractivity contribution in [3.8, 4) is 0 Å². The number of amides is 1. The maximum Gasteiger partial charge on any atom is 0.408 e. The van der Waals surface area contributed by atoms with Crippen LogP contribution in [-0.4, -0.2) is 34.8 Å². The fraction of sp³-hybridized carbons (Fsp3) is 0.250. The highest BCUT2D eigenvalue weighted by Crippen LogP contribution is 2.02. The molecule has 6 heteroatoms. The van der Waals surface area contributed by atoms with E-state index in [-0.39, 0.29) is 13.0 Å². The monoisotopic (exact) mass is 250 g/mol. The lowest BCUT2D eigenvalue weighted by Crippen LogP contribution is -2.42. The summed E-state index contributed by atoms with van der Waals surface area (Å²) in [5, 5.41) is 11.3. The predicted octanol–water partition coefficient (Wildman–Crippen LogP) is 0.990. The molecule has 1 atom stereocenters. The van der Waals surface area contributed by atoms with Gasteiger partial charge in [0.15, 0.2) is 0 Å². The zero-order chi connectivity index (χ0) is 13.4. The van der Waals surface area contributed by atoms with Crippen molar-refractivity contribution in [2.24, 2.45) is 0 Å². The van der Waals surface area contributed by atoms with Gasteiger partial charge in [-0.05, 0) is 11.6 Å². The third-order valence-electron chi connectivity index (χ3n) is 2.09. The lowest BCUT2D eigenvalue weighted by Gasteiger charge is -2.13. The van der Waals surface area contributed by atoms with E-state index in [0.717, 1.165) is 0 Å². The van der Waals surface area contributed by atoms with Crippen LogP contribution in [0.25, 0.3) is 0 Å². The third-order valence-corrected chi connectivity index (χ3v) is 2.09. The van der Waals surface area contributed by atoms with Gasteiger partial charge in [0.25, 0.3) is 0 Å². The molecule has 0 saturated carbocycles. The minimum atomic E-state index is -1.13. The molecule has 96 valence electrons. The first kappa shape index (κ1) is 13.7. The Hall–Kier alpha value is -2.37. The quantitative estimate of drug-likeness (QED) is 0.735. The molecule has 1 rings (SSSR count). The Morgan fingerprint density at radius 1 is 1.61 bits per heavy atom. The van der Waals surface area contributed by atoms with E-state index < -0.39 is 18.1 Å². The first-order chi connectivity index (χ1) is 8.63. The van der Waals surface area contributed by atoms with E-state index in [2.05, 4.69) is 21.6 Å². The van der Waals surface area contributed by atoms with Gasteiger partial charge < -0.3 is 15.2 Å². The maximum atomic E-state index is 11.2. The molecule has 0 saturated heterocycles. The zero-order valence-electron chi connectivity index (χ0n) is 9.70. The number of carboxylic acids is 1. The summed E-state index contributed by atoms with van der Waals surface area (Å²) in [6.07, 6.45) is 3.90. The van der Waals surface area contributed by atoms with Crippen LogP contribution in [0.1, 0.15) is 5.56 Å². The van der Waals surface area contributed by atoms with Crippen molar-refractivity contribution in [2.45, 2.75) is 12.5 Å². The van der Waals surface area contributed by atoms with Gasteiger partial charge >= 0.3 is 12.1 Å². The number of carboxylic acid groups (broad SMARTS) is 1. The van der Waals surface area contributed by atoms with E-state index >= 15 is 0 Å². The number of alkyl carbamates (subject to hydrolysis) is 1. The molecule has 1 aromatic rings. The molecule has 6 nitrogen and oxygen atoms in total. The second kappa shape index (κ2) is 7.05. The minimum absolute atomic E-state index is 0.0328. The molecule has 0 aliphatic rings. The Morgan fingerprint density at radius 3 is 2.94 bits per heavy atom. The van der Waals surface area contributed by atoms with Crippen molar-refractivity contribution in [3.05, 3.63) is 42.7 Å². The van der Waals surface area contributed by atoms with Crippen molar-refractivity contribution in [3.63, 3.8) is 0 Å². The van der Waals surface area contributed by atoms with E-state index in [1.807, 2.05) is 0 Å². The number of aliphatic carboxylic acids is 1. The molecule has 18 heavy (non-hydrogen) atoms. The van der Waals surface area contributed by atoms with Crippen LogP contribution >= 0.6 is 0 Å². The van der Waals surface area contributed by atoms with E-state index in [1.54, 1.807) is 24.5 Å². The lowest BCUT2D eigenvalue weighted by molar-refractivity contribution is -0.139. The number of carbonyl (C=O) groups is 2. The SMILES string of the molecule is C=CCOC(=O)NC(Cc1cccnc1)C(=O)O. The summed E-state index contributed by atoms with van der Waals surface area (Å²) in [5.74, 6) is -1.13. The fourth-order valence-electron chi connectivity index (χ4n) is 1.27. The molecule has 1 unspecified atom stereocenters. The highest BCUT2D eigenvalue weighted by Gasteiger charge is 2.20. The minimum Gasteiger partial charge on any atom is -0.480 e. The van der Waals surface area contributed by atoms with Crippen LogP contribution in [0, 0.1) is 0 Å². The number of carbonyl (C=O) groups excluding carboxylic acids is 1. The van der Waals surface area contributed by atoms with Gasteiger partial charge in [-0.15, -0.1) is 0 Å². The average Bonchev–Trinajstić information content (AvgIpc) is 2.36. The number of nitrogens with one attached hydrogen (secondary N) is 1. The molecule has 0 fully saturated rings. The number of nitrogens with zero attached hydrogens (tertiary/aromatic N) is 1. The number of rotatable bonds is 6. The summed E-state index contributed by atoms with van der Waals surface area (Å²) < 4.78 is 4.66. The Kier molecular flexibility index (Phi) is 5.37. The number of ether oxygens (including phenoxy) is 1. The summed E-state index contributed by atoms with van der Waals surface area (Å²) in [6, 6.07) is 2.38. The van der Waals surface area contributed by atoms with E-state index in [0.29, 0.717) is 5.56 Å². The summed E-state index contributed by atoms with van der Waals surface area (Å²) in [6.45, 7) is 3.42. The van der Waals surface area contributed by atoms with Gasteiger partial charge in [0.1, 0.15) is 12.6 Å². The van der Waals surface area contributed by atoms with Crippen molar-refractivity contribution in [1.82, 2.24) is 10.3 Å². The number of aromatic nitrogens is 1. The maximum absolute atomic E-state index is 11.2. The first-order valence-electron chi connectivity index (χ1n) is 5.29. The molecule has 0 aliphatic carbocycles. The Morgan fingerprint density at radius 2 is 2.39 bits per heavy atom. The van der Waals surface area contributed by atoms with Crippen LogP contribution in [-0.2, 0) is 16.0 Å². The van der Waals surface area contributed by atoms with Gasteiger partial charge in [-0.2, -0.15) is 0 Å². The standard InChI is InChI=1S/C12H14N2O4/c1-2-6-18-12(17)14-10(11(15)16)7-9-4-3-5-13-8-9/h2-5,8,10H,1,6-7H2,(H,14,17)(H,15,16). The lowest BCUT2D eigenvalue weighted by atomic mass is 10.1. The predicted molar refractivity (Wildman–Crippen MR) is 64.0 cm³/mol. The summed E-state index contributed by atoms with van der Waals surface area (Å²) in [4.78, 5) is 26.1. The highest BCUT2D eigenvalue weighted by atomic mass is 16.5. The Bertz CT molecular complexity index is 419. The average molecular weight is 250 g/mol. The highest BCUT2D eigenvalue weighted by molar-refractivity contribution is 5.80. The fourth-order valence-corrected chi connectivity index (χ4v) is 1.27. The number of pyridine rings is 1. The molecule has 0 spiro atoms. The molecular formula is C12H14N2O4. The Labute approximate surface area is 104 Å². The van der Waals surface area contributed by atoms with Gasteiger partial charge in [-0.3, -0.25) is 4.98 Å².